The molecule has 3 heterocycles. The second-order valence-corrected chi connectivity index (χ2v) is 15.2. The van der Waals surface area contributed by atoms with Crippen LogP contribution in [0.4, 0.5) is 23.8 Å². The van der Waals surface area contributed by atoms with Crippen molar-refractivity contribution in [2.75, 3.05) is 24.7 Å². The lowest BCUT2D eigenvalue weighted by Crippen LogP contribution is -2.45. The largest absolute Gasteiger partial charge is 0.444 e. The number of likely N-dealkylation sites (tertiary alicyclic amines) is 1. The highest BCUT2D eigenvalue weighted by Crippen LogP contribution is 2.59. The Hall–Kier alpha value is -3.27. The van der Waals surface area contributed by atoms with Gasteiger partial charge in [-0.05, 0) is 96.9 Å². The van der Waals surface area contributed by atoms with Crippen molar-refractivity contribution < 1.29 is 32.2 Å². The second kappa shape index (κ2) is 15.3. The van der Waals surface area contributed by atoms with Crippen LogP contribution < -0.4 is 20.5 Å². The number of hydrazine groups is 1. The Morgan fingerprint density at radius 3 is 2.59 bits per heavy atom. The van der Waals surface area contributed by atoms with Crippen LogP contribution in [0, 0.1) is 11.3 Å². The number of nitrogens with one attached hydrogen (secondary N) is 3. The third-order valence-corrected chi connectivity index (χ3v) is 9.50. The van der Waals surface area contributed by atoms with Crippen molar-refractivity contribution in [2.24, 2.45) is 16.3 Å². The highest BCUT2D eigenvalue weighted by atomic mass is 35.5. The summed E-state index contributed by atoms with van der Waals surface area (Å²) in [5, 5.41) is 5.03. The quantitative estimate of drug-likeness (QED) is 0.0897. The van der Waals surface area contributed by atoms with Gasteiger partial charge in [0.15, 0.2) is 0 Å². The molecule has 3 aliphatic rings. The molecule has 1 aromatic heterocycles. The SMILES string of the molecule is C=C/C(=N\C(=C)NCCC1CN(C(=O)OC(C)(C)C)C(C)(C)C1)SNC(=O)c1ccc(N2C=CC(OCCC3(C(F)(F)F)CC3)N2)nc1Cl. The van der Waals surface area contributed by atoms with Crippen molar-refractivity contribution in [3.8, 4) is 0 Å². The number of anilines is 1. The van der Waals surface area contributed by atoms with E-state index in [2.05, 4.69) is 38.6 Å². The van der Waals surface area contributed by atoms with Crippen LogP contribution in [-0.2, 0) is 9.47 Å². The van der Waals surface area contributed by atoms with Gasteiger partial charge in [0, 0.05) is 43.4 Å². The zero-order valence-corrected chi connectivity index (χ0v) is 30.0. The molecule has 2 fully saturated rings. The fourth-order valence-electron chi connectivity index (χ4n) is 5.63. The van der Waals surface area contributed by atoms with Gasteiger partial charge in [0.05, 0.1) is 11.0 Å². The van der Waals surface area contributed by atoms with Crippen molar-refractivity contribution >= 4 is 46.4 Å². The smallest absolute Gasteiger partial charge is 0.410 e. The van der Waals surface area contributed by atoms with Gasteiger partial charge in [-0.1, -0.05) is 24.8 Å². The summed E-state index contributed by atoms with van der Waals surface area (Å²) in [6.07, 6.45) is 1.41. The maximum Gasteiger partial charge on any atom is 0.410 e. The van der Waals surface area contributed by atoms with Gasteiger partial charge in [-0.15, -0.1) is 0 Å². The summed E-state index contributed by atoms with van der Waals surface area (Å²) >= 11 is 7.28. The van der Waals surface area contributed by atoms with Gasteiger partial charge in [0.1, 0.15) is 33.7 Å². The molecule has 49 heavy (non-hydrogen) atoms. The molecule has 1 saturated carbocycles. The molecule has 1 aliphatic carbocycles. The zero-order chi connectivity index (χ0) is 36.2. The summed E-state index contributed by atoms with van der Waals surface area (Å²) in [4.78, 5) is 36.1. The van der Waals surface area contributed by atoms with E-state index in [0.717, 1.165) is 24.8 Å². The molecule has 11 nitrogen and oxygen atoms in total. The van der Waals surface area contributed by atoms with E-state index >= 15 is 0 Å². The number of carbonyl (C=O) groups excluding carboxylic acids is 2. The molecule has 270 valence electrons. The van der Waals surface area contributed by atoms with E-state index in [-0.39, 0.29) is 54.1 Å². The fourth-order valence-corrected chi connectivity index (χ4v) is 6.42. The topological polar surface area (TPSA) is 120 Å². The number of hydrogen-bond acceptors (Lipinski definition) is 10. The van der Waals surface area contributed by atoms with Gasteiger partial charge in [-0.25, -0.2) is 14.8 Å². The van der Waals surface area contributed by atoms with Crippen molar-refractivity contribution in [1.82, 2.24) is 25.3 Å². The first-order valence-corrected chi connectivity index (χ1v) is 17.2. The van der Waals surface area contributed by atoms with Gasteiger partial charge >= 0.3 is 12.3 Å². The summed E-state index contributed by atoms with van der Waals surface area (Å²) in [7, 11) is 0. The molecule has 3 N–H and O–H groups in total. The number of pyridine rings is 1. The first-order valence-electron chi connectivity index (χ1n) is 16.0. The van der Waals surface area contributed by atoms with E-state index in [9.17, 15) is 22.8 Å². The van der Waals surface area contributed by atoms with Crippen LogP contribution in [0.1, 0.15) is 77.1 Å². The molecular formula is C33H45ClF3N7O4S. The Morgan fingerprint density at radius 1 is 1.27 bits per heavy atom. The summed E-state index contributed by atoms with van der Waals surface area (Å²) in [5.41, 5.74) is 0.605. The Labute approximate surface area is 294 Å². The number of aromatic nitrogens is 1. The van der Waals surface area contributed by atoms with Gasteiger partial charge in [0.25, 0.3) is 5.91 Å². The molecule has 0 radical (unpaired) electrons. The van der Waals surface area contributed by atoms with Crippen LogP contribution in [-0.4, -0.2) is 70.2 Å². The maximum absolute atomic E-state index is 13.2. The molecule has 1 aromatic rings. The molecule has 0 aromatic carbocycles. The van der Waals surface area contributed by atoms with Gasteiger partial charge < -0.3 is 19.7 Å². The van der Waals surface area contributed by atoms with Gasteiger partial charge in [-0.2, -0.15) is 18.6 Å². The second-order valence-electron chi connectivity index (χ2n) is 14.0. The predicted octanol–water partition coefficient (Wildman–Crippen LogP) is 7.10. The van der Waals surface area contributed by atoms with Crippen LogP contribution in [0.15, 0.2) is 54.5 Å². The van der Waals surface area contributed by atoms with Crippen LogP contribution in [0.25, 0.3) is 0 Å². The molecule has 4 rings (SSSR count). The van der Waals surface area contributed by atoms with E-state index < -0.39 is 29.3 Å². The molecule has 1 saturated heterocycles. The molecule has 0 spiro atoms. The number of aliphatic imine (C=N–C) groups is 1. The summed E-state index contributed by atoms with van der Waals surface area (Å²) in [6, 6.07) is 3.07. The minimum absolute atomic E-state index is 0.0467. The Bertz CT molecular complexity index is 1480. The van der Waals surface area contributed by atoms with Gasteiger partial charge in [-0.3, -0.25) is 14.5 Å². The third kappa shape index (κ3) is 10.4. The molecule has 2 amide bonds. The summed E-state index contributed by atoms with van der Waals surface area (Å²) in [5.74, 6) is 0.524. The molecule has 2 atom stereocenters. The maximum atomic E-state index is 13.2. The molecule has 2 aliphatic heterocycles. The van der Waals surface area contributed by atoms with Crippen LogP contribution in [0.5, 0.6) is 0 Å². The first-order chi connectivity index (χ1) is 22.8. The van der Waals surface area contributed by atoms with Crippen molar-refractivity contribution in [2.45, 2.75) is 90.3 Å². The summed E-state index contributed by atoms with van der Waals surface area (Å²) in [6.45, 7) is 18.5. The molecule has 0 bridgehead atoms. The number of rotatable bonds is 12. The number of nitrogens with zero attached hydrogens (tertiary/aromatic N) is 4. The third-order valence-electron chi connectivity index (χ3n) is 8.46. The minimum Gasteiger partial charge on any atom is -0.444 e. The fraction of sp³-hybridized carbons (Fsp3) is 0.576. The van der Waals surface area contributed by atoms with Crippen LogP contribution in [0.2, 0.25) is 5.15 Å². The Morgan fingerprint density at radius 2 is 1.98 bits per heavy atom. The molecule has 2 unspecified atom stereocenters. The first kappa shape index (κ1) is 38.5. The minimum atomic E-state index is -4.22. The Balaban J connectivity index is 1.20. The van der Waals surface area contributed by atoms with E-state index in [4.69, 9.17) is 21.1 Å². The van der Waals surface area contributed by atoms with E-state index in [1.807, 2.05) is 34.6 Å². The Kier molecular flexibility index (Phi) is 12.0. The predicted molar refractivity (Wildman–Crippen MR) is 186 cm³/mol. The normalized spacial score (nSPS) is 21.4. The highest BCUT2D eigenvalue weighted by molar-refractivity contribution is 8.13. The number of ether oxygens (including phenoxy) is 2. The lowest BCUT2D eigenvalue weighted by Gasteiger charge is -2.33. The monoisotopic (exact) mass is 727 g/mol. The van der Waals surface area contributed by atoms with E-state index in [1.165, 1.54) is 17.2 Å². The van der Waals surface area contributed by atoms with E-state index in [1.54, 1.807) is 23.2 Å². The number of hydrogen-bond donors (Lipinski definition) is 3. The average molecular weight is 728 g/mol. The van der Waals surface area contributed by atoms with Gasteiger partial charge in [0.2, 0.25) is 0 Å². The zero-order valence-electron chi connectivity index (χ0n) is 28.5. The number of halogens is 4. The number of carbonyl (C=O) groups is 2. The van der Waals surface area contributed by atoms with Crippen molar-refractivity contribution in [3.63, 3.8) is 0 Å². The van der Waals surface area contributed by atoms with E-state index in [0.29, 0.717) is 29.8 Å². The standard InChI is InChI=1S/C33H45ClF3N7O4S/c1-8-26(39-21(2)38-16-11-22-19-31(6,7)43(20-22)29(46)48-30(3,4)5)49-42-28(45)23-9-10-24(40-27(23)34)44-17-12-25(41-44)47-18-15-32(13-14-32)33(35,36)37/h8-10,12,17,22,25,38,41H,1-2,11,13-16,18-20H2,3-7H3,(H,42,45)/b39-26+. The lowest BCUT2D eigenvalue weighted by atomic mass is 9.94. The average Bonchev–Trinajstić information content (AvgIpc) is 3.54. The lowest BCUT2D eigenvalue weighted by molar-refractivity contribution is -0.192. The number of amides is 2. The van der Waals surface area contributed by atoms with Crippen molar-refractivity contribution in [3.05, 3.63) is 60.2 Å². The molecule has 16 heteroatoms. The van der Waals surface area contributed by atoms with Crippen LogP contribution in [0.3, 0.4) is 0 Å². The highest BCUT2D eigenvalue weighted by Gasteiger charge is 2.62. The molecular weight excluding hydrogens is 683 g/mol. The van der Waals surface area contributed by atoms with Crippen LogP contribution >= 0.6 is 23.5 Å². The van der Waals surface area contributed by atoms with Crippen molar-refractivity contribution in [1.29, 1.82) is 0 Å². The summed E-state index contributed by atoms with van der Waals surface area (Å²) < 4.78 is 53.3. The number of alkyl halides is 3.